The highest BCUT2D eigenvalue weighted by atomic mass is 35.5. The van der Waals surface area contributed by atoms with Crippen LogP contribution in [0.4, 0.5) is 13.2 Å². The highest BCUT2D eigenvalue weighted by Crippen LogP contribution is 2.50. The molecule has 0 radical (unpaired) electrons. The summed E-state index contributed by atoms with van der Waals surface area (Å²) < 4.78 is 42.4. The minimum absolute atomic E-state index is 0.0171. The van der Waals surface area contributed by atoms with Gasteiger partial charge in [0.05, 0.1) is 12.1 Å². The minimum atomic E-state index is -4.81. The maximum absolute atomic E-state index is 14.1. The van der Waals surface area contributed by atoms with Crippen LogP contribution in [0, 0.1) is 0 Å². The van der Waals surface area contributed by atoms with Gasteiger partial charge in [-0.05, 0) is 23.8 Å². The van der Waals surface area contributed by atoms with Gasteiger partial charge in [-0.15, -0.1) is 11.3 Å². The Labute approximate surface area is 171 Å². The maximum atomic E-state index is 14.1. The highest BCUT2D eigenvalue weighted by molar-refractivity contribution is 7.14. The molecule has 3 heterocycles. The van der Waals surface area contributed by atoms with Crippen molar-refractivity contribution in [2.24, 2.45) is 10.9 Å². The van der Waals surface area contributed by atoms with Gasteiger partial charge in [0, 0.05) is 39.1 Å². The lowest BCUT2D eigenvalue weighted by Crippen LogP contribution is -2.42. The predicted octanol–water partition coefficient (Wildman–Crippen LogP) is 4.34. The summed E-state index contributed by atoms with van der Waals surface area (Å²) in [6, 6.07) is 3.62. The number of thiophene rings is 1. The van der Waals surface area contributed by atoms with E-state index in [0.29, 0.717) is 18.7 Å². The van der Waals surface area contributed by atoms with Crippen molar-refractivity contribution in [2.45, 2.75) is 31.3 Å². The van der Waals surface area contributed by atoms with Crippen LogP contribution in [0.15, 0.2) is 23.4 Å². The second-order valence-corrected chi connectivity index (χ2v) is 8.44. The number of nitrogens with two attached hydrogens (primary N) is 1. The second-order valence-electron chi connectivity index (χ2n) is 6.46. The van der Waals surface area contributed by atoms with Gasteiger partial charge in [-0.3, -0.25) is 4.79 Å². The maximum Gasteiger partial charge on any atom is 0.435 e. The van der Waals surface area contributed by atoms with E-state index in [2.05, 4.69) is 10.5 Å². The number of alkyl halides is 3. The average molecular weight is 450 g/mol. The zero-order chi connectivity index (χ0) is 20.3. The molecule has 11 heteroatoms. The number of benzene rings is 1. The number of fused-ring (bicyclic) bond motifs is 1. The third-order valence-corrected chi connectivity index (χ3v) is 6.39. The van der Waals surface area contributed by atoms with Gasteiger partial charge in [-0.2, -0.15) is 13.2 Å². The first-order valence-corrected chi connectivity index (χ1v) is 9.63. The van der Waals surface area contributed by atoms with Crippen LogP contribution in [-0.2, 0) is 23.5 Å². The van der Waals surface area contributed by atoms with Gasteiger partial charge < -0.3 is 15.9 Å². The number of carbonyl (C=O) groups excluding carboxylic acids is 1. The lowest BCUT2D eigenvalue weighted by molar-refractivity contribution is -0.275. The third-order valence-electron chi connectivity index (χ3n) is 4.71. The number of amides is 1. The minimum Gasteiger partial charge on any atom is -0.374 e. The van der Waals surface area contributed by atoms with Crippen molar-refractivity contribution in [3.8, 4) is 0 Å². The highest BCUT2D eigenvalue weighted by Gasteiger charge is 2.62. The molecule has 0 bridgehead atoms. The smallest absolute Gasteiger partial charge is 0.374 e. The van der Waals surface area contributed by atoms with Crippen LogP contribution >= 0.6 is 34.5 Å². The summed E-state index contributed by atoms with van der Waals surface area (Å²) in [4.78, 5) is 17.9. The van der Waals surface area contributed by atoms with E-state index in [0.717, 1.165) is 33.9 Å². The molecule has 4 rings (SSSR count). The van der Waals surface area contributed by atoms with Gasteiger partial charge in [0.25, 0.3) is 11.5 Å². The van der Waals surface area contributed by atoms with Crippen molar-refractivity contribution >= 4 is 46.2 Å². The monoisotopic (exact) mass is 449 g/mol. The first-order chi connectivity index (χ1) is 13.1. The number of nitrogens with zero attached hydrogens (tertiary/aromatic N) is 1. The Hall–Kier alpha value is -1.81. The zero-order valence-corrected chi connectivity index (χ0v) is 16.3. The first-order valence-electron chi connectivity index (χ1n) is 8.06. The van der Waals surface area contributed by atoms with Crippen LogP contribution in [0.5, 0.6) is 0 Å². The van der Waals surface area contributed by atoms with Gasteiger partial charge in [0.1, 0.15) is 4.88 Å². The van der Waals surface area contributed by atoms with Crippen LogP contribution in [0.25, 0.3) is 0 Å². The molecule has 5 nitrogen and oxygen atoms in total. The van der Waals surface area contributed by atoms with Gasteiger partial charge >= 0.3 is 6.18 Å². The summed E-state index contributed by atoms with van der Waals surface area (Å²) in [7, 11) is 0. The van der Waals surface area contributed by atoms with E-state index in [9.17, 15) is 18.0 Å². The number of primary amides is 1. The number of hydrogen-bond donors (Lipinski definition) is 2. The van der Waals surface area contributed by atoms with Crippen molar-refractivity contribution in [3.05, 3.63) is 54.7 Å². The Bertz CT molecular complexity index is 1000. The molecule has 1 aromatic heterocycles. The Morgan fingerprint density at radius 2 is 1.93 bits per heavy atom. The Morgan fingerprint density at radius 3 is 2.54 bits per heavy atom. The summed E-state index contributed by atoms with van der Waals surface area (Å²) in [6.07, 6.45) is -5.44. The molecule has 1 unspecified atom stereocenters. The molecule has 0 aliphatic carbocycles. The molecule has 0 spiro atoms. The van der Waals surface area contributed by atoms with Crippen molar-refractivity contribution < 1.29 is 22.8 Å². The quantitative estimate of drug-likeness (QED) is 0.731. The number of nitrogens with one attached hydrogen (secondary N) is 1. The number of hydrogen-bond acceptors (Lipinski definition) is 5. The van der Waals surface area contributed by atoms with E-state index in [1.54, 1.807) is 0 Å². The molecule has 148 valence electrons. The Kier molecular flexibility index (Phi) is 4.61. The summed E-state index contributed by atoms with van der Waals surface area (Å²) in [5.74, 6) is -0.715. The third kappa shape index (κ3) is 2.97. The van der Waals surface area contributed by atoms with Crippen LogP contribution in [-0.4, -0.2) is 17.8 Å². The van der Waals surface area contributed by atoms with Crippen LogP contribution in [0.3, 0.4) is 0 Å². The molecular formula is C17H12Cl2F3N3O2S. The number of rotatable bonds is 3. The van der Waals surface area contributed by atoms with E-state index >= 15 is 0 Å². The molecule has 3 N–H and O–H groups in total. The molecule has 0 saturated carbocycles. The van der Waals surface area contributed by atoms with Crippen molar-refractivity contribution in [1.82, 2.24) is 5.32 Å². The lowest BCUT2D eigenvalue weighted by Gasteiger charge is -2.29. The standard InChI is InChI=1S/C17H12Cl2F3N3O2S/c18-8-1-7(2-9(19)3-8)16(17(20,21)22)4-11(25-27-16)13-10-5-24-6-12(10)28-14(13)15(23)26/h1-3,24H,4-6H2,(H2,23,26). The average Bonchev–Trinajstić information content (AvgIpc) is 3.27. The van der Waals surface area contributed by atoms with E-state index in [-0.39, 0.29) is 26.2 Å². The van der Waals surface area contributed by atoms with E-state index in [4.69, 9.17) is 33.8 Å². The van der Waals surface area contributed by atoms with E-state index in [1.807, 2.05) is 0 Å². The fraction of sp³-hybridized carbons (Fsp3) is 0.294. The molecule has 0 fully saturated rings. The zero-order valence-electron chi connectivity index (χ0n) is 14.0. The van der Waals surface area contributed by atoms with Crippen LogP contribution in [0.1, 0.15) is 37.7 Å². The summed E-state index contributed by atoms with van der Waals surface area (Å²) in [5.41, 5.74) is 3.48. The molecule has 2 aromatic rings. The van der Waals surface area contributed by atoms with Crippen molar-refractivity contribution in [2.75, 3.05) is 0 Å². The molecular weight excluding hydrogens is 438 g/mol. The molecule has 1 atom stereocenters. The van der Waals surface area contributed by atoms with Crippen molar-refractivity contribution in [1.29, 1.82) is 0 Å². The summed E-state index contributed by atoms with van der Waals surface area (Å²) in [6.45, 7) is 0.929. The van der Waals surface area contributed by atoms with Gasteiger partial charge in [-0.25, -0.2) is 0 Å². The fourth-order valence-electron chi connectivity index (χ4n) is 3.45. The topological polar surface area (TPSA) is 76.7 Å². The molecule has 2 aliphatic heterocycles. The Balaban J connectivity index is 1.82. The summed E-state index contributed by atoms with van der Waals surface area (Å²) >= 11 is 13.0. The van der Waals surface area contributed by atoms with E-state index < -0.39 is 24.1 Å². The normalized spacial score (nSPS) is 21.4. The van der Waals surface area contributed by atoms with Gasteiger partial charge in [0.2, 0.25) is 0 Å². The Morgan fingerprint density at radius 1 is 1.25 bits per heavy atom. The van der Waals surface area contributed by atoms with E-state index in [1.165, 1.54) is 6.07 Å². The van der Waals surface area contributed by atoms with Crippen molar-refractivity contribution in [3.63, 3.8) is 0 Å². The molecule has 1 aromatic carbocycles. The SMILES string of the molecule is NC(=O)c1sc2c(c1C1=NOC(c3cc(Cl)cc(Cl)c3)(C(F)(F)F)C1)CNC2. The second kappa shape index (κ2) is 6.62. The first kappa shape index (κ1) is 19.5. The number of oxime groups is 1. The largest absolute Gasteiger partial charge is 0.435 e. The molecule has 1 amide bonds. The molecule has 28 heavy (non-hydrogen) atoms. The van der Waals surface area contributed by atoms with Crippen LogP contribution < -0.4 is 11.1 Å². The van der Waals surface area contributed by atoms with Gasteiger partial charge in [-0.1, -0.05) is 28.4 Å². The predicted molar refractivity (Wildman–Crippen MR) is 99.8 cm³/mol. The fourth-order valence-corrected chi connectivity index (χ4v) is 5.13. The summed E-state index contributed by atoms with van der Waals surface area (Å²) in [5, 5.41) is 6.92. The number of carbonyl (C=O) groups is 1. The lowest BCUT2D eigenvalue weighted by atomic mass is 9.86. The van der Waals surface area contributed by atoms with Gasteiger partial charge in [0.15, 0.2) is 0 Å². The molecule has 0 saturated heterocycles. The molecule has 2 aliphatic rings. The number of halogens is 5. The van der Waals surface area contributed by atoms with Crippen LogP contribution in [0.2, 0.25) is 10.0 Å².